The number of carbonyl (C=O) groups excluding carboxylic acids is 1. The van der Waals surface area contributed by atoms with Crippen LogP contribution >= 0.6 is 0 Å². The Bertz CT molecular complexity index is 795. The van der Waals surface area contributed by atoms with Gasteiger partial charge in [-0.05, 0) is 25.8 Å². The Hall–Kier alpha value is -2.34. The Morgan fingerprint density at radius 2 is 2.04 bits per heavy atom. The third-order valence-corrected chi connectivity index (χ3v) is 5.53. The number of imidazole rings is 1. The summed E-state index contributed by atoms with van der Waals surface area (Å²) in [6.07, 6.45) is 3.47. The molecule has 1 aromatic carbocycles. The van der Waals surface area contributed by atoms with Crippen molar-refractivity contribution in [1.29, 1.82) is 0 Å². The highest BCUT2D eigenvalue weighted by molar-refractivity contribution is 5.79. The zero-order valence-corrected chi connectivity index (χ0v) is 15.4. The summed E-state index contributed by atoms with van der Waals surface area (Å²) >= 11 is 0. The molecule has 1 aromatic heterocycles. The van der Waals surface area contributed by atoms with Crippen LogP contribution in [0.3, 0.4) is 0 Å². The summed E-state index contributed by atoms with van der Waals surface area (Å²) in [6.45, 7) is 4.63. The number of aryl methyl sites for hydroxylation is 1. The minimum absolute atomic E-state index is 0.0311. The third-order valence-electron chi connectivity index (χ3n) is 5.53. The lowest BCUT2D eigenvalue weighted by molar-refractivity contribution is -0.143. The maximum absolute atomic E-state index is 13.3. The SMILES string of the molecule is COc1ccccc1C1Cn2c(C)cnc2CN1C(=O)C1CCOCC1. The molecule has 3 heterocycles. The molecule has 6 heteroatoms. The number of amides is 1. The molecule has 0 N–H and O–H groups in total. The summed E-state index contributed by atoms with van der Waals surface area (Å²) in [6, 6.07) is 7.93. The van der Waals surface area contributed by atoms with Crippen molar-refractivity contribution >= 4 is 5.91 Å². The fraction of sp³-hybridized carbons (Fsp3) is 0.500. The van der Waals surface area contributed by atoms with Crippen molar-refractivity contribution in [3.8, 4) is 5.75 Å². The van der Waals surface area contributed by atoms with Crippen molar-refractivity contribution in [2.75, 3.05) is 20.3 Å². The molecule has 0 aliphatic carbocycles. The summed E-state index contributed by atoms with van der Waals surface area (Å²) in [5.74, 6) is 2.01. The van der Waals surface area contributed by atoms with Gasteiger partial charge in [0.15, 0.2) is 0 Å². The van der Waals surface area contributed by atoms with E-state index in [0.29, 0.717) is 26.3 Å². The number of benzene rings is 1. The fourth-order valence-corrected chi connectivity index (χ4v) is 4.04. The Balaban J connectivity index is 1.72. The predicted octanol–water partition coefficient (Wildman–Crippen LogP) is 2.71. The van der Waals surface area contributed by atoms with Gasteiger partial charge in [0.2, 0.25) is 5.91 Å². The van der Waals surface area contributed by atoms with Crippen molar-refractivity contribution in [3.63, 3.8) is 0 Å². The molecule has 0 spiro atoms. The van der Waals surface area contributed by atoms with E-state index in [1.54, 1.807) is 7.11 Å². The van der Waals surface area contributed by atoms with E-state index in [2.05, 4.69) is 22.5 Å². The molecular weight excluding hydrogens is 330 g/mol. The van der Waals surface area contributed by atoms with Gasteiger partial charge in [-0.25, -0.2) is 4.98 Å². The lowest BCUT2D eigenvalue weighted by atomic mass is 9.95. The van der Waals surface area contributed by atoms with Gasteiger partial charge >= 0.3 is 0 Å². The molecule has 1 fully saturated rings. The van der Waals surface area contributed by atoms with Gasteiger partial charge < -0.3 is 18.9 Å². The lowest BCUT2D eigenvalue weighted by Gasteiger charge is -2.39. The van der Waals surface area contributed by atoms with Gasteiger partial charge in [0.05, 0.1) is 19.7 Å². The fourth-order valence-electron chi connectivity index (χ4n) is 4.04. The second-order valence-corrected chi connectivity index (χ2v) is 7.04. The molecule has 4 rings (SSSR count). The normalized spacial score (nSPS) is 20.7. The second-order valence-electron chi connectivity index (χ2n) is 7.04. The molecule has 0 bridgehead atoms. The number of fused-ring (bicyclic) bond motifs is 1. The Labute approximate surface area is 153 Å². The first-order valence-corrected chi connectivity index (χ1v) is 9.21. The van der Waals surface area contributed by atoms with Crippen LogP contribution in [0.4, 0.5) is 0 Å². The molecule has 1 unspecified atom stereocenters. The van der Waals surface area contributed by atoms with Gasteiger partial charge in [-0.15, -0.1) is 0 Å². The molecule has 1 saturated heterocycles. The van der Waals surface area contributed by atoms with E-state index < -0.39 is 0 Å². The predicted molar refractivity (Wildman–Crippen MR) is 96.8 cm³/mol. The highest BCUT2D eigenvalue weighted by Crippen LogP contribution is 2.36. The number of hydrogen-bond donors (Lipinski definition) is 0. The molecule has 2 aliphatic heterocycles. The molecule has 0 radical (unpaired) electrons. The second kappa shape index (κ2) is 7.11. The average molecular weight is 355 g/mol. The van der Waals surface area contributed by atoms with E-state index >= 15 is 0 Å². The molecule has 6 nitrogen and oxygen atoms in total. The highest BCUT2D eigenvalue weighted by Gasteiger charge is 2.37. The van der Waals surface area contributed by atoms with Crippen LogP contribution in [0.15, 0.2) is 30.5 Å². The molecule has 2 aliphatic rings. The maximum Gasteiger partial charge on any atom is 0.226 e. The summed E-state index contributed by atoms with van der Waals surface area (Å²) in [7, 11) is 1.68. The molecule has 2 aromatic rings. The van der Waals surface area contributed by atoms with Crippen molar-refractivity contribution in [2.24, 2.45) is 5.92 Å². The number of aromatic nitrogens is 2. The van der Waals surface area contributed by atoms with Crippen molar-refractivity contribution in [3.05, 3.63) is 47.5 Å². The van der Waals surface area contributed by atoms with Crippen LogP contribution in [0.1, 0.15) is 36.0 Å². The van der Waals surface area contributed by atoms with E-state index in [1.807, 2.05) is 29.3 Å². The molecule has 1 atom stereocenters. The monoisotopic (exact) mass is 355 g/mol. The summed E-state index contributed by atoms with van der Waals surface area (Å²) < 4.78 is 13.2. The molecule has 138 valence electrons. The number of carbonyl (C=O) groups is 1. The van der Waals surface area contributed by atoms with Crippen LogP contribution < -0.4 is 4.74 Å². The van der Waals surface area contributed by atoms with E-state index in [9.17, 15) is 4.79 Å². The van der Waals surface area contributed by atoms with Crippen LogP contribution in [0.25, 0.3) is 0 Å². The van der Waals surface area contributed by atoms with Crippen LogP contribution in [0.5, 0.6) is 5.75 Å². The topological polar surface area (TPSA) is 56.6 Å². The van der Waals surface area contributed by atoms with Gasteiger partial charge in [0.25, 0.3) is 0 Å². The van der Waals surface area contributed by atoms with Crippen LogP contribution in [0, 0.1) is 12.8 Å². The van der Waals surface area contributed by atoms with E-state index in [0.717, 1.165) is 35.7 Å². The Morgan fingerprint density at radius 1 is 1.27 bits per heavy atom. The van der Waals surface area contributed by atoms with Crippen LogP contribution in [0.2, 0.25) is 0 Å². The third kappa shape index (κ3) is 2.98. The molecule has 1 amide bonds. The maximum atomic E-state index is 13.3. The first-order valence-electron chi connectivity index (χ1n) is 9.21. The van der Waals surface area contributed by atoms with E-state index in [-0.39, 0.29) is 17.9 Å². The van der Waals surface area contributed by atoms with E-state index in [1.165, 1.54) is 0 Å². The standard InChI is InChI=1S/C20H25N3O3/c1-14-11-21-19-13-23(20(24)15-7-9-26-10-8-15)17(12-22(14)19)16-5-3-4-6-18(16)25-2/h3-6,11,15,17H,7-10,12-13H2,1-2H3. The zero-order valence-electron chi connectivity index (χ0n) is 15.4. The minimum Gasteiger partial charge on any atom is -0.496 e. The number of nitrogens with zero attached hydrogens (tertiary/aromatic N) is 3. The highest BCUT2D eigenvalue weighted by atomic mass is 16.5. The number of ether oxygens (including phenoxy) is 2. The zero-order chi connectivity index (χ0) is 18.1. The summed E-state index contributed by atoms with van der Waals surface area (Å²) in [5.41, 5.74) is 2.17. The largest absolute Gasteiger partial charge is 0.496 e. The van der Waals surface area contributed by atoms with Gasteiger partial charge in [0.1, 0.15) is 11.6 Å². The van der Waals surface area contributed by atoms with Crippen molar-refractivity contribution in [1.82, 2.24) is 14.5 Å². The molecule has 0 saturated carbocycles. The quantitative estimate of drug-likeness (QED) is 0.849. The van der Waals surface area contributed by atoms with Crippen molar-refractivity contribution < 1.29 is 14.3 Å². The van der Waals surface area contributed by atoms with Gasteiger partial charge in [0, 0.05) is 43.1 Å². The first kappa shape index (κ1) is 17.1. The number of rotatable bonds is 3. The number of methoxy groups -OCH3 is 1. The average Bonchev–Trinajstić information content (AvgIpc) is 3.07. The number of para-hydroxylation sites is 1. The molecular formula is C20H25N3O3. The van der Waals surface area contributed by atoms with Crippen LogP contribution in [-0.4, -0.2) is 40.7 Å². The van der Waals surface area contributed by atoms with Gasteiger partial charge in [-0.3, -0.25) is 4.79 Å². The van der Waals surface area contributed by atoms with E-state index in [4.69, 9.17) is 9.47 Å². The van der Waals surface area contributed by atoms with Gasteiger partial charge in [-0.2, -0.15) is 0 Å². The van der Waals surface area contributed by atoms with Crippen LogP contribution in [-0.2, 0) is 22.6 Å². The summed E-state index contributed by atoms with van der Waals surface area (Å²) in [4.78, 5) is 19.9. The smallest absolute Gasteiger partial charge is 0.226 e. The Morgan fingerprint density at radius 3 is 2.81 bits per heavy atom. The first-order chi connectivity index (χ1) is 12.7. The number of hydrogen-bond acceptors (Lipinski definition) is 4. The van der Waals surface area contributed by atoms with Gasteiger partial charge in [-0.1, -0.05) is 18.2 Å². The minimum atomic E-state index is -0.0538. The van der Waals surface area contributed by atoms with Crippen molar-refractivity contribution in [2.45, 2.75) is 38.9 Å². The lowest BCUT2D eigenvalue weighted by Crippen LogP contribution is -2.45. The summed E-state index contributed by atoms with van der Waals surface area (Å²) in [5, 5.41) is 0. The Kier molecular flexibility index (Phi) is 4.68. The molecule has 26 heavy (non-hydrogen) atoms.